The van der Waals surface area contributed by atoms with Crippen molar-refractivity contribution in [2.45, 2.75) is 47.5 Å². The Morgan fingerprint density at radius 2 is 1.90 bits per heavy atom. The number of thioether (sulfide) groups is 2. The molecule has 0 saturated heterocycles. The Morgan fingerprint density at radius 3 is 2.53 bits per heavy atom. The molecule has 1 aromatic heterocycles. The molecule has 1 atom stereocenters. The molecule has 0 bridgehead atoms. The highest BCUT2D eigenvalue weighted by Crippen LogP contribution is 2.34. The number of carboxylic acid groups (broad SMARTS) is 1. The van der Waals surface area contributed by atoms with Crippen LogP contribution in [0.1, 0.15) is 48.2 Å². The number of carbonyl (C=O) groups excluding carboxylic acids is 1. The molecule has 0 aliphatic carbocycles. The molecule has 0 aliphatic rings. The molecule has 0 saturated carbocycles. The maximum Gasteiger partial charge on any atom is 0.316 e. The van der Waals surface area contributed by atoms with Crippen LogP contribution in [0.3, 0.4) is 0 Å². The van der Waals surface area contributed by atoms with Crippen molar-refractivity contribution in [3.63, 3.8) is 0 Å². The molecule has 1 aromatic carbocycles. The highest BCUT2D eigenvalue weighted by atomic mass is 32.2. The lowest BCUT2D eigenvalue weighted by Gasteiger charge is -2.12. The van der Waals surface area contributed by atoms with Crippen LogP contribution in [-0.2, 0) is 27.8 Å². The summed E-state index contributed by atoms with van der Waals surface area (Å²) in [6.45, 7) is 3.48. The van der Waals surface area contributed by atoms with Gasteiger partial charge in [-0.1, -0.05) is 54.3 Å². The average Bonchev–Trinajstić information content (AvgIpc) is 3.12. The standard InChI is InChI=1S/C19H24N2O5S4/c1-3-5-15-13(6-7-14(12(2)22)17(15)25)10-28-19-21-20-18(29-19)27-8-4-9-30(26)11-16(23)24/h6-7,25H,3-5,8-11H2,1-2H3,(H,23,24). The fourth-order valence-corrected chi connectivity index (χ4v) is 6.79. The number of hydrogen-bond acceptors (Lipinski definition) is 9. The molecule has 0 aliphatic heterocycles. The second-order valence-electron chi connectivity index (χ2n) is 6.41. The molecule has 0 amide bonds. The van der Waals surface area contributed by atoms with Crippen molar-refractivity contribution in [1.82, 2.24) is 10.2 Å². The van der Waals surface area contributed by atoms with Crippen LogP contribution in [0.5, 0.6) is 5.75 Å². The van der Waals surface area contributed by atoms with Gasteiger partial charge in [0, 0.05) is 28.1 Å². The number of carboxylic acids is 1. The zero-order chi connectivity index (χ0) is 22.1. The summed E-state index contributed by atoms with van der Waals surface area (Å²) in [5, 5.41) is 27.4. The van der Waals surface area contributed by atoms with Crippen molar-refractivity contribution in [2.75, 3.05) is 17.3 Å². The zero-order valence-electron chi connectivity index (χ0n) is 16.8. The number of phenols is 1. The summed E-state index contributed by atoms with van der Waals surface area (Å²) in [6, 6.07) is 3.56. The largest absolute Gasteiger partial charge is 0.507 e. The van der Waals surface area contributed by atoms with Crippen LogP contribution in [0.25, 0.3) is 0 Å². The van der Waals surface area contributed by atoms with Crippen LogP contribution in [0, 0.1) is 0 Å². The van der Waals surface area contributed by atoms with Crippen molar-refractivity contribution in [2.24, 2.45) is 0 Å². The first-order valence-corrected chi connectivity index (χ1v) is 13.6. The summed E-state index contributed by atoms with van der Waals surface area (Å²) in [6.07, 6.45) is 2.21. The molecule has 2 N–H and O–H groups in total. The van der Waals surface area contributed by atoms with Crippen molar-refractivity contribution in [3.05, 3.63) is 28.8 Å². The SMILES string of the molecule is CCCc1c(CSc2nnc(SCCCS(=O)CC(=O)O)s2)ccc(C(C)=O)c1O. The molecule has 1 unspecified atom stereocenters. The number of aliphatic carboxylic acids is 1. The van der Waals surface area contributed by atoms with E-state index in [4.69, 9.17) is 5.11 Å². The fraction of sp³-hybridized carbons (Fsp3) is 0.474. The highest BCUT2D eigenvalue weighted by Gasteiger charge is 2.16. The summed E-state index contributed by atoms with van der Waals surface area (Å²) in [7, 11) is -1.33. The number of aromatic hydroxyl groups is 1. The lowest BCUT2D eigenvalue weighted by Crippen LogP contribution is -2.12. The van der Waals surface area contributed by atoms with E-state index in [2.05, 4.69) is 10.2 Å². The minimum Gasteiger partial charge on any atom is -0.507 e. The minimum absolute atomic E-state index is 0.0799. The van der Waals surface area contributed by atoms with E-state index in [9.17, 15) is 18.9 Å². The third kappa shape index (κ3) is 7.68. The van der Waals surface area contributed by atoms with E-state index in [1.165, 1.54) is 41.8 Å². The summed E-state index contributed by atoms with van der Waals surface area (Å²) in [4.78, 5) is 22.2. The number of aromatic nitrogens is 2. The van der Waals surface area contributed by atoms with Gasteiger partial charge >= 0.3 is 5.97 Å². The summed E-state index contributed by atoms with van der Waals surface area (Å²) in [5.41, 5.74) is 2.15. The van der Waals surface area contributed by atoms with E-state index < -0.39 is 16.8 Å². The lowest BCUT2D eigenvalue weighted by molar-refractivity contribution is -0.133. The topological polar surface area (TPSA) is 117 Å². The Morgan fingerprint density at radius 1 is 1.20 bits per heavy atom. The van der Waals surface area contributed by atoms with Gasteiger partial charge in [-0.05, 0) is 37.0 Å². The maximum atomic E-state index is 11.7. The molecule has 2 rings (SSSR count). The third-order valence-electron chi connectivity index (χ3n) is 4.02. The molecule has 0 radical (unpaired) electrons. The van der Waals surface area contributed by atoms with Gasteiger partial charge in [0.15, 0.2) is 14.5 Å². The Labute approximate surface area is 190 Å². The molecule has 164 valence electrons. The number of carbonyl (C=O) groups is 2. The van der Waals surface area contributed by atoms with Gasteiger partial charge in [-0.25, -0.2) is 0 Å². The van der Waals surface area contributed by atoms with E-state index in [-0.39, 0.29) is 17.3 Å². The van der Waals surface area contributed by atoms with Gasteiger partial charge in [0.2, 0.25) is 0 Å². The molecule has 2 aromatic rings. The summed E-state index contributed by atoms with van der Waals surface area (Å²) >= 11 is 4.52. The number of nitrogens with zero attached hydrogens (tertiary/aromatic N) is 2. The first-order chi connectivity index (χ1) is 14.3. The van der Waals surface area contributed by atoms with Crippen LogP contribution >= 0.6 is 34.9 Å². The first-order valence-electron chi connectivity index (χ1n) is 9.32. The number of rotatable bonds is 13. The molecule has 0 spiro atoms. The minimum atomic E-state index is -1.33. The Hall–Kier alpha value is -1.43. The zero-order valence-corrected chi connectivity index (χ0v) is 20.0. The monoisotopic (exact) mass is 488 g/mol. The van der Waals surface area contributed by atoms with Gasteiger partial charge in [0.1, 0.15) is 11.5 Å². The molecular weight excluding hydrogens is 464 g/mol. The van der Waals surface area contributed by atoms with Gasteiger partial charge in [0.25, 0.3) is 0 Å². The highest BCUT2D eigenvalue weighted by molar-refractivity contribution is 8.02. The van der Waals surface area contributed by atoms with Gasteiger partial charge in [-0.15, -0.1) is 10.2 Å². The van der Waals surface area contributed by atoms with Gasteiger partial charge < -0.3 is 10.2 Å². The maximum absolute atomic E-state index is 11.7. The summed E-state index contributed by atoms with van der Waals surface area (Å²) < 4.78 is 13.1. The molecular formula is C19H24N2O5S4. The second-order valence-corrected chi connectivity index (χ2v) is 11.5. The molecule has 11 heteroatoms. The fourth-order valence-electron chi connectivity index (χ4n) is 2.67. The first kappa shape index (κ1) is 24.8. The predicted molar refractivity (Wildman–Crippen MR) is 122 cm³/mol. The van der Waals surface area contributed by atoms with Crippen molar-refractivity contribution < 1.29 is 24.0 Å². The smallest absolute Gasteiger partial charge is 0.316 e. The average molecular weight is 489 g/mol. The van der Waals surface area contributed by atoms with Gasteiger partial charge in [-0.3, -0.25) is 13.8 Å². The number of benzene rings is 1. The lowest BCUT2D eigenvalue weighted by atomic mass is 9.98. The van der Waals surface area contributed by atoms with E-state index in [0.717, 1.165) is 26.2 Å². The number of ketones is 1. The van der Waals surface area contributed by atoms with Crippen LogP contribution in [0.2, 0.25) is 0 Å². The molecule has 0 fully saturated rings. The van der Waals surface area contributed by atoms with Crippen LogP contribution in [0.4, 0.5) is 0 Å². The quantitative estimate of drug-likeness (QED) is 0.245. The van der Waals surface area contributed by atoms with Gasteiger partial charge in [0.05, 0.1) is 5.56 Å². The Kier molecular flexibility index (Phi) is 10.3. The predicted octanol–water partition coefficient (Wildman–Crippen LogP) is 4.01. The molecule has 30 heavy (non-hydrogen) atoms. The number of Topliss-reactive ketones (excluding diaryl/α,β-unsaturated/α-hetero) is 1. The summed E-state index contributed by atoms with van der Waals surface area (Å²) in [5.74, 6) is 0.253. The normalized spacial score (nSPS) is 12.1. The van der Waals surface area contributed by atoms with E-state index in [0.29, 0.717) is 35.7 Å². The molecule has 7 nitrogen and oxygen atoms in total. The Balaban J connectivity index is 1.89. The third-order valence-corrected chi connectivity index (χ3v) is 8.66. The van der Waals surface area contributed by atoms with Gasteiger partial charge in [-0.2, -0.15) is 0 Å². The second kappa shape index (κ2) is 12.4. The molecule has 1 heterocycles. The number of phenolic OH excluding ortho intramolecular Hbond substituents is 1. The number of hydrogen-bond donors (Lipinski definition) is 2. The van der Waals surface area contributed by atoms with Crippen molar-refractivity contribution >= 4 is 57.4 Å². The van der Waals surface area contributed by atoms with Crippen LogP contribution in [-0.4, -0.2) is 53.6 Å². The Bertz CT molecular complexity index is 916. The van der Waals surface area contributed by atoms with E-state index in [1.807, 2.05) is 13.0 Å². The van der Waals surface area contributed by atoms with Crippen molar-refractivity contribution in [3.8, 4) is 5.75 Å². The van der Waals surface area contributed by atoms with Crippen LogP contribution < -0.4 is 0 Å². The van der Waals surface area contributed by atoms with Crippen LogP contribution in [0.15, 0.2) is 20.8 Å². The van der Waals surface area contributed by atoms with E-state index >= 15 is 0 Å². The van der Waals surface area contributed by atoms with E-state index in [1.54, 1.807) is 6.07 Å². The van der Waals surface area contributed by atoms with Crippen molar-refractivity contribution in [1.29, 1.82) is 0 Å².